The summed E-state index contributed by atoms with van der Waals surface area (Å²) < 4.78 is 42.7. The standard InChI is InChI=1S/C18H26O7S/c1-5-7-12(3)24-17(19)14-9-15(11-16(10-14)26(21,22)23)18(20)25-13(4)8-6-2/h9-13H,5-8H2,1-4H3,(H,21,22,23). The van der Waals surface area contributed by atoms with Crippen molar-refractivity contribution in [3.8, 4) is 0 Å². The largest absolute Gasteiger partial charge is 0.459 e. The Kier molecular flexibility index (Phi) is 8.23. The van der Waals surface area contributed by atoms with Gasteiger partial charge in [-0.1, -0.05) is 26.7 Å². The van der Waals surface area contributed by atoms with Crippen LogP contribution in [0.25, 0.3) is 0 Å². The first-order valence-electron chi connectivity index (χ1n) is 8.63. The number of hydrogen-bond donors (Lipinski definition) is 1. The van der Waals surface area contributed by atoms with E-state index < -0.39 is 27.0 Å². The van der Waals surface area contributed by atoms with Crippen LogP contribution in [0.15, 0.2) is 23.1 Å². The molecule has 2 unspecified atom stereocenters. The van der Waals surface area contributed by atoms with Gasteiger partial charge in [0.1, 0.15) is 0 Å². The molecule has 0 aliphatic carbocycles. The van der Waals surface area contributed by atoms with Gasteiger partial charge in [-0.15, -0.1) is 0 Å². The molecule has 0 radical (unpaired) electrons. The van der Waals surface area contributed by atoms with E-state index in [4.69, 9.17) is 9.47 Å². The van der Waals surface area contributed by atoms with Crippen LogP contribution in [0.1, 0.15) is 74.1 Å². The first kappa shape index (κ1) is 22.1. The molecule has 0 aliphatic rings. The lowest BCUT2D eigenvalue weighted by Gasteiger charge is -2.15. The van der Waals surface area contributed by atoms with E-state index in [1.54, 1.807) is 13.8 Å². The Morgan fingerprint density at radius 1 is 0.923 bits per heavy atom. The molecule has 0 amide bonds. The van der Waals surface area contributed by atoms with Crippen LogP contribution < -0.4 is 0 Å². The second-order valence-electron chi connectivity index (χ2n) is 6.23. The number of ether oxygens (including phenoxy) is 2. The fourth-order valence-electron chi connectivity index (χ4n) is 2.42. The summed E-state index contributed by atoms with van der Waals surface area (Å²) in [6, 6.07) is 3.15. The lowest BCUT2D eigenvalue weighted by molar-refractivity contribution is 0.0322. The molecule has 0 aromatic heterocycles. The highest BCUT2D eigenvalue weighted by Gasteiger charge is 2.22. The van der Waals surface area contributed by atoms with Gasteiger partial charge in [0.25, 0.3) is 10.1 Å². The molecule has 0 saturated heterocycles. The molecular formula is C18H26O7S. The normalized spacial score (nSPS) is 13.7. The summed E-state index contributed by atoms with van der Waals surface area (Å²) >= 11 is 0. The van der Waals surface area contributed by atoms with E-state index in [1.807, 2.05) is 13.8 Å². The monoisotopic (exact) mass is 386 g/mol. The molecule has 8 heteroatoms. The summed E-state index contributed by atoms with van der Waals surface area (Å²) in [4.78, 5) is 24.0. The van der Waals surface area contributed by atoms with Gasteiger partial charge in [-0.2, -0.15) is 8.42 Å². The zero-order valence-electron chi connectivity index (χ0n) is 15.5. The van der Waals surface area contributed by atoms with Gasteiger partial charge in [-0.05, 0) is 44.9 Å². The fourth-order valence-corrected chi connectivity index (χ4v) is 2.97. The van der Waals surface area contributed by atoms with Crippen molar-refractivity contribution in [3.63, 3.8) is 0 Å². The topological polar surface area (TPSA) is 107 Å². The SMILES string of the molecule is CCCC(C)OC(=O)c1cc(C(=O)OC(C)CCC)cc(S(=O)(=O)O)c1. The average Bonchev–Trinajstić information content (AvgIpc) is 2.53. The molecule has 0 aliphatic heterocycles. The smallest absolute Gasteiger partial charge is 0.338 e. The molecule has 0 heterocycles. The molecule has 146 valence electrons. The lowest BCUT2D eigenvalue weighted by atomic mass is 10.1. The van der Waals surface area contributed by atoms with Gasteiger partial charge < -0.3 is 9.47 Å². The van der Waals surface area contributed by atoms with E-state index in [0.29, 0.717) is 12.8 Å². The second-order valence-corrected chi connectivity index (χ2v) is 7.65. The molecular weight excluding hydrogens is 360 g/mol. The van der Waals surface area contributed by atoms with Crippen LogP contribution in [0.5, 0.6) is 0 Å². The van der Waals surface area contributed by atoms with Gasteiger partial charge in [0.05, 0.1) is 28.2 Å². The van der Waals surface area contributed by atoms with Gasteiger partial charge in [-0.25, -0.2) is 9.59 Å². The number of esters is 2. The molecule has 1 rings (SSSR count). The van der Waals surface area contributed by atoms with Crippen molar-refractivity contribution in [1.82, 2.24) is 0 Å². The highest BCUT2D eigenvalue weighted by Crippen LogP contribution is 2.19. The summed E-state index contributed by atoms with van der Waals surface area (Å²) in [5, 5.41) is 0. The molecule has 0 fully saturated rings. The Balaban J connectivity index is 3.19. The molecule has 1 N–H and O–H groups in total. The number of benzene rings is 1. The van der Waals surface area contributed by atoms with Gasteiger partial charge in [-0.3, -0.25) is 4.55 Å². The quantitative estimate of drug-likeness (QED) is 0.510. The third kappa shape index (κ3) is 6.76. The van der Waals surface area contributed by atoms with Gasteiger partial charge in [0.2, 0.25) is 0 Å². The number of carbonyl (C=O) groups excluding carboxylic acids is 2. The van der Waals surface area contributed by atoms with Crippen LogP contribution >= 0.6 is 0 Å². The summed E-state index contributed by atoms with van der Waals surface area (Å²) in [6.45, 7) is 7.31. The average molecular weight is 386 g/mol. The summed E-state index contributed by atoms with van der Waals surface area (Å²) in [5.74, 6) is -1.54. The van der Waals surface area contributed by atoms with Crippen LogP contribution in [0, 0.1) is 0 Å². The van der Waals surface area contributed by atoms with Crippen molar-refractivity contribution in [2.75, 3.05) is 0 Å². The molecule has 1 aromatic rings. The lowest BCUT2D eigenvalue weighted by Crippen LogP contribution is -2.18. The summed E-state index contributed by atoms with van der Waals surface area (Å²) in [6.07, 6.45) is 2.20. The highest BCUT2D eigenvalue weighted by atomic mass is 32.2. The van der Waals surface area contributed by atoms with Crippen LogP contribution in [-0.4, -0.2) is 37.1 Å². The molecule has 2 atom stereocenters. The Morgan fingerprint density at radius 3 is 1.62 bits per heavy atom. The molecule has 0 bridgehead atoms. The molecule has 7 nitrogen and oxygen atoms in total. The van der Waals surface area contributed by atoms with Gasteiger partial charge in [0.15, 0.2) is 0 Å². The van der Waals surface area contributed by atoms with E-state index in [9.17, 15) is 22.6 Å². The fraction of sp³-hybridized carbons (Fsp3) is 0.556. The van der Waals surface area contributed by atoms with Crippen LogP contribution in [-0.2, 0) is 19.6 Å². The van der Waals surface area contributed by atoms with Crippen molar-refractivity contribution in [2.24, 2.45) is 0 Å². The number of rotatable bonds is 9. The number of carbonyl (C=O) groups is 2. The molecule has 26 heavy (non-hydrogen) atoms. The van der Waals surface area contributed by atoms with Crippen molar-refractivity contribution in [3.05, 3.63) is 29.3 Å². The van der Waals surface area contributed by atoms with Crippen molar-refractivity contribution in [2.45, 2.75) is 70.5 Å². The van der Waals surface area contributed by atoms with Crippen molar-refractivity contribution < 1.29 is 32.0 Å². The van der Waals surface area contributed by atoms with E-state index >= 15 is 0 Å². The van der Waals surface area contributed by atoms with Crippen LogP contribution in [0.4, 0.5) is 0 Å². The summed E-state index contributed by atoms with van der Waals surface area (Å²) in [7, 11) is -4.61. The van der Waals surface area contributed by atoms with E-state index in [2.05, 4.69) is 0 Å². The number of hydrogen-bond acceptors (Lipinski definition) is 6. The van der Waals surface area contributed by atoms with E-state index in [-0.39, 0.29) is 23.3 Å². The maximum absolute atomic E-state index is 12.3. The van der Waals surface area contributed by atoms with E-state index in [0.717, 1.165) is 25.0 Å². The Morgan fingerprint density at radius 2 is 1.31 bits per heavy atom. The Hall–Kier alpha value is -1.93. The maximum atomic E-state index is 12.3. The minimum absolute atomic E-state index is 0.141. The minimum atomic E-state index is -4.61. The Bertz CT molecular complexity index is 696. The Labute approximate surface area is 154 Å². The maximum Gasteiger partial charge on any atom is 0.338 e. The highest BCUT2D eigenvalue weighted by molar-refractivity contribution is 7.85. The van der Waals surface area contributed by atoms with Crippen molar-refractivity contribution in [1.29, 1.82) is 0 Å². The zero-order chi connectivity index (χ0) is 19.9. The van der Waals surface area contributed by atoms with Crippen LogP contribution in [0.2, 0.25) is 0 Å². The summed E-state index contributed by atoms with van der Waals surface area (Å²) in [5.41, 5.74) is -0.281. The predicted molar refractivity (Wildman–Crippen MR) is 95.8 cm³/mol. The molecule has 1 aromatic carbocycles. The predicted octanol–water partition coefficient (Wildman–Crippen LogP) is 3.62. The third-order valence-corrected chi connectivity index (χ3v) is 4.51. The minimum Gasteiger partial charge on any atom is -0.459 e. The second kappa shape index (κ2) is 9.68. The molecule has 0 spiro atoms. The van der Waals surface area contributed by atoms with Gasteiger partial charge in [0, 0.05) is 0 Å². The third-order valence-electron chi connectivity index (χ3n) is 3.68. The van der Waals surface area contributed by atoms with Gasteiger partial charge >= 0.3 is 11.9 Å². The van der Waals surface area contributed by atoms with Crippen molar-refractivity contribution >= 4 is 22.1 Å². The first-order valence-corrected chi connectivity index (χ1v) is 10.1. The molecule has 0 saturated carbocycles. The zero-order valence-corrected chi connectivity index (χ0v) is 16.3. The first-order chi connectivity index (χ1) is 12.1. The van der Waals surface area contributed by atoms with Crippen LogP contribution in [0.3, 0.4) is 0 Å². The van der Waals surface area contributed by atoms with E-state index in [1.165, 1.54) is 6.07 Å².